The molecule has 0 bridgehead atoms. The van der Waals surface area contributed by atoms with Crippen molar-refractivity contribution in [2.75, 3.05) is 22.9 Å². The summed E-state index contributed by atoms with van der Waals surface area (Å²) in [5.74, 6) is -0.227. The highest BCUT2D eigenvalue weighted by molar-refractivity contribution is 7.92. The van der Waals surface area contributed by atoms with E-state index in [1.54, 1.807) is 36.4 Å². The van der Waals surface area contributed by atoms with Crippen LogP contribution in [0.25, 0.3) is 10.1 Å². The van der Waals surface area contributed by atoms with Crippen LogP contribution >= 0.6 is 22.9 Å². The average Bonchev–Trinajstić information content (AvgIpc) is 3.00. The van der Waals surface area contributed by atoms with Crippen molar-refractivity contribution in [3.63, 3.8) is 0 Å². The lowest BCUT2D eigenvalue weighted by Crippen LogP contribution is -2.24. The number of carbonyl (C=O) groups excluding carboxylic acids is 1. The fraction of sp³-hybridized carbons (Fsp3) is 0.167. The molecular formula is C18H17ClN2O3S2. The van der Waals surface area contributed by atoms with E-state index in [1.165, 1.54) is 22.7 Å². The van der Waals surface area contributed by atoms with Gasteiger partial charge in [-0.15, -0.1) is 11.3 Å². The van der Waals surface area contributed by atoms with Gasteiger partial charge >= 0.3 is 0 Å². The Balaban J connectivity index is 1.91. The van der Waals surface area contributed by atoms with E-state index in [0.29, 0.717) is 21.3 Å². The fourth-order valence-corrected chi connectivity index (χ4v) is 4.07. The highest BCUT2D eigenvalue weighted by atomic mass is 35.5. The molecule has 136 valence electrons. The van der Waals surface area contributed by atoms with Crippen molar-refractivity contribution >= 4 is 60.3 Å². The number of hydrogen-bond donors (Lipinski definition) is 1. The van der Waals surface area contributed by atoms with Crippen LogP contribution < -0.4 is 9.62 Å². The molecule has 2 aromatic carbocycles. The zero-order valence-corrected chi connectivity index (χ0v) is 16.8. The van der Waals surface area contributed by atoms with Crippen LogP contribution in [0, 0.1) is 6.92 Å². The summed E-state index contributed by atoms with van der Waals surface area (Å²) in [6.07, 6.45) is 1.15. The molecule has 0 aliphatic rings. The molecule has 0 saturated heterocycles. The standard InChI is InChI=1S/C18H17ClN2O3S2/c1-11-14(19)5-4-6-15(11)20-18(22)17-10-12-9-13(7-8-16(12)25-17)21(2)26(3,23)24/h4-10H,1-3H3,(H,20,22). The number of carbonyl (C=O) groups is 1. The number of amides is 1. The van der Waals surface area contributed by atoms with Gasteiger partial charge in [-0.1, -0.05) is 17.7 Å². The smallest absolute Gasteiger partial charge is 0.265 e. The first-order valence-electron chi connectivity index (χ1n) is 7.71. The van der Waals surface area contributed by atoms with Crippen molar-refractivity contribution in [3.8, 4) is 0 Å². The molecule has 0 unspecified atom stereocenters. The predicted molar refractivity (Wildman–Crippen MR) is 109 cm³/mol. The first-order chi connectivity index (χ1) is 12.2. The second-order valence-corrected chi connectivity index (χ2v) is 9.43. The summed E-state index contributed by atoms with van der Waals surface area (Å²) < 4.78 is 25.5. The molecule has 0 aliphatic heterocycles. The summed E-state index contributed by atoms with van der Waals surface area (Å²) in [6.45, 7) is 1.84. The normalized spacial score (nSPS) is 11.5. The van der Waals surface area contributed by atoms with E-state index in [4.69, 9.17) is 11.6 Å². The van der Waals surface area contributed by atoms with Gasteiger partial charge in [-0.25, -0.2) is 8.42 Å². The number of anilines is 2. The van der Waals surface area contributed by atoms with Crippen molar-refractivity contribution in [2.24, 2.45) is 0 Å². The van der Waals surface area contributed by atoms with Crippen molar-refractivity contribution in [2.45, 2.75) is 6.92 Å². The maximum Gasteiger partial charge on any atom is 0.265 e. The summed E-state index contributed by atoms with van der Waals surface area (Å²) in [7, 11) is -1.84. The highest BCUT2D eigenvalue weighted by Crippen LogP contribution is 2.31. The summed E-state index contributed by atoms with van der Waals surface area (Å²) in [4.78, 5) is 13.1. The molecule has 0 aliphatic carbocycles. The maximum atomic E-state index is 12.6. The van der Waals surface area contributed by atoms with Crippen molar-refractivity contribution in [1.29, 1.82) is 0 Å². The van der Waals surface area contributed by atoms with Gasteiger partial charge in [-0.05, 0) is 54.3 Å². The van der Waals surface area contributed by atoms with Gasteiger partial charge in [0.1, 0.15) is 0 Å². The van der Waals surface area contributed by atoms with Gasteiger partial charge in [-0.2, -0.15) is 0 Å². The second kappa shape index (κ2) is 6.90. The third-order valence-electron chi connectivity index (χ3n) is 4.10. The molecule has 26 heavy (non-hydrogen) atoms. The first kappa shape index (κ1) is 18.7. The molecule has 1 N–H and O–H groups in total. The molecule has 8 heteroatoms. The zero-order chi connectivity index (χ0) is 19.1. The van der Waals surface area contributed by atoms with Crippen LogP contribution in [-0.4, -0.2) is 27.6 Å². The minimum atomic E-state index is -3.34. The maximum absolute atomic E-state index is 12.6. The van der Waals surface area contributed by atoms with Crippen LogP contribution in [0.2, 0.25) is 5.02 Å². The number of fused-ring (bicyclic) bond motifs is 1. The number of thiophene rings is 1. The quantitative estimate of drug-likeness (QED) is 0.690. The molecule has 3 rings (SSSR count). The second-order valence-electron chi connectivity index (χ2n) is 5.93. The van der Waals surface area contributed by atoms with E-state index in [9.17, 15) is 13.2 Å². The number of hydrogen-bond acceptors (Lipinski definition) is 4. The SMILES string of the molecule is Cc1c(Cl)cccc1NC(=O)c1cc2cc(N(C)S(C)(=O)=O)ccc2s1. The Morgan fingerprint density at radius 3 is 2.62 bits per heavy atom. The molecule has 1 aromatic heterocycles. The molecule has 0 saturated carbocycles. The Labute approximate surface area is 161 Å². The molecule has 0 spiro atoms. The van der Waals surface area contributed by atoms with E-state index in [0.717, 1.165) is 21.9 Å². The Hall–Kier alpha value is -2.09. The van der Waals surface area contributed by atoms with Gasteiger partial charge in [0.15, 0.2) is 0 Å². The van der Waals surface area contributed by atoms with Crippen molar-refractivity contribution < 1.29 is 13.2 Å². The third kappa shape index (κ3) is 3.70. The lowest BCUT2D eigenvalue weighted by atomic mass is 10.2. The van der Waals surface area contributed by atoms with E-state index in [-0.39, 0.29) is 5.91 Å². The zero-order valence-electron chi connectivity index (χ0n) is 14.4. The molecule has 1 heterocycles. The number of halogens is 1. The van der Waals surface area contributed by atoms with Crippen LogP contribution in [0.3, 0.4) is 0 Å². The van der Waals surface area contributed by atoms with Crippen LogP contribution in [0.5, 0.6) is 0 Å². The highest BCUT2D eigenvalue weighted by Gasteiger charge is 2.15. The van der Waals surface area contributed by atoms with Gasteiger partial charge in [0.05, 0.1) is 16.8 Å². The minimum Gasteiger partial charge on any atom is -0.321 e. The van der Waals surface area contributed by atoms with Crippen molar-refractivity contribution in [1.82, 2.24) is 0 Å². The van der Waals surface area contributed by atoms with Crippen molar-refractivity contribution in [3.05, 3.63) is 57.9 Å². The topological polar surface area (TPSA) is 66.5 Å². The van der Waals surface area contributed by atoms with Crippen LogP contribution in [0.4, 0.5) is 11.4 Å². The van der Waals surface area contributed by atoms with Crippen LogP contribution in [0.1, 0.15) is 15.2 Å². The first-order valence-corrected chi connectivity index (χ1v) is 10.7. The number of nitrogens with one attached hydrogen (secondary N) is 1. The fourth-order valence-electron chi connectivity index (χ4n) is 2.46. The Morgan fingerprint density at radius 1 is 1.19 bits per heavy atom. The van der Waals surface area contributed by atoms with E-state index in [2.05, 4.69) is 5.32 Å². The number of nitrogens with zero attached hydrogens (tertiary/aromatic N) is 1. The molecule has 0 atom stereocenters. The lowest BCUT2D eigenvalue weighted by molar-refractivity contribution is 0.103. The molecule has 3 aromatic rings. The predicted octanol–water partition coefficient (Wildman–Crippen LogP) is 4.51. The Bertz CT molecular complexity index is 1110. The molecule has 0 fully saturated rings. The summed E-state index contributed by atoms with van der Waals surface area (Å²) >= 11 is 7.44. The number of rotatable bonds is 4. The monoisotopic (exact) mass is 408 g/mol. The van der Waals surface area contributed by atoms with Gasteiger partial charge in [0, 0.05) is 22.5 Å². The lowest BCUT2D eigenvalue weighted by Gasteiger charge is -2.16. The van der Waals surface area contributed by atoms with E-state index < -0.39 is 10.0 Å². The van der Waals surface area contributed by atoms with Crippen LogP contribution in [0.15, 0.2) is 42.5 Å². The summed E-state index contributed by atoms with van der Waals surface area (Å²) in [5.41, 5.74) is 2.02. The number of sulfonamides is 1. The van der Waals surface area contributed by atoms with E-state index >= 15 is 0 Å². The minimum absolute atomic E-state index is 0.227. The molecule has 0 radical (unpaired) electrons. The largest absolute Gasteiger partial charge is 0.321 e. The Morgan fingerprint density at radius 2 is 1.92 bits per heavy atom. The third-order valence-corrected chi connectivity index (χ3v) is 6.83. The molecular weight excluding hydrogens is 392 g/mol. The average molecular weight is 409 g/mol. The van der Waals surface area contributed by atoms with Gasteiger partial charge in [0.2, 0.25) is 10.0 Å². The van der Waals surface area contributed by atoms with Gasteiger partial charge < -0.3 is 5.32 Å². The molecule has 5 nitrogen and oxygen atoms in total. The van der Waals surface area contributed by atoms with Crippen LogP contribution in [-0.2, 0) is 10.0 Å². The Kier molecular flexibility index (Phi) is 4.96. The summed E-state index contributed by atoms with van der Waals surface area (Å²) in [6, 6.07) is 12.4. The molecule has 1 amide bonds. The van der Waals surface area contributed by atoms with Gasteiger partial charge in [-0.3, -0.25) is 9.10 Å². The van der Waals surface area contributed by atoms with E-state index in [1.807, 2.05) is 13.0 Å². The number of benzene rings is 2. The van der Waals surface area contributed by atoms with Gasteiger partial charge in [0.25, 0.3) is 5.91 Å². The summed E-state index contributed by atoms with van der Waals surface area (Å²) in [5, 5.41) is 4.28.